The molecule has 0 bridgehead atoms. The van der Waals surface area contributed by atoms with Crippen molar-refractivity contribution < 1.29 is 4.42 Å². The number of nitrogens with zero attached hydrogens (tertiary/aromatic N) is 2. The molecule has 0 saturated carbocycles. The van der Waals surface area contributed by atoms with Crippen molar-refractivity contribution in [3.8, 4) is 33.7 Å². The third-order valence-electron chi connectivity index (χ3n) is 9.68. The molecule has 0 N–H and O–H groups in total. The molecule has 10 aromatic rings. The van der Waals surface area contributed by atoms with Gasteiger partial charge in [0.2, 0.25) is 0 Å². The van der Waals surface area contributed by atoms with E-state index in [0.29, 0.717) is 5.89 Å². The van der Waals surface area contributed by atoms with Gasteiger partial charge in [-0.3, -0.25) is 0 Å². The van der Waals surface area contributed by atoms with Crippen LogP contribution in [-0.4, -0.2) is 19.5 Å². The van der Waals surface area contributed by atoms with Gasteiger partial charge in [-0.1, -0.05) is 0 Å². The number of anilines is 3. The van der Waals surface area contributed by atoms with Crippen LogP contribution in [-0.2, 0) is 0 Å². The molecule has 4 heteroatoms. The number of rotatable bonds is 6. The second-order valence-electron chi connectivity index (χ2n) is 12.8. The average molecular weight is 718 g/mol. The van der Waals surface area contributed by atoms with E-state index in [4.69, 9.17) is 9.40 Å². The van der Waals surface area contributed by atoms with Gasteiger partial charge in [-0.2, -0.15) is 0 Å². The number of fused-ring (bicyclic) bond motifs is 5. The summed E-state index contributed by atoms with van der Waals surface area (Å²) < 4.78 is 8.99. The predicted molar refractivity (Wildman–Crippen MR) is 214 cm³/mol. The fraction of sp³-hybridized carbons (Fsp3) is 0. The normalized spacial score (nSPS) is 11.5. The number of aromatic nitrogens is 1. The Balaban J connectivity index is 1.15. The Hall–Kier alpha value is -6.19. The molecule has 0 spiro atoms. The third-order valence-corrected chi connectivity index (χ3v) is 12.0. The Labute approximate surface area is 301 Å². The molecule has 0 amide bonds. The molecule has 0 saturated heterocycles. The van der Waals surface area contributed by atoms with Crippen LogP contribution < -0.4 is 4.90 Å². The molecule has 0 aliphatic heterocycles. The molecule has 0 unspecified atom stereocenters. The van der Waals surface area contributed by atoms with E-state index in [9.17, 15) is 0 Å². The average Bonchev–Trinajstić information content (AvgIpc) is 3.80. The standard InChI is InChI=1S/C47H30N2OSe/c1-2-12-31(13-3-1)33-16-8-18-35(28-33)49(36-19-9-17-34(29-36)39-21-10-15-32-14-4-5-20-38(32)39)37-26-27-40-45(30-37)51-44-25-11-22-41(46(40)44)47-48-42-23-6-7-24-43(42)50-47/h1-30H. The van der Waals surface area contributed by atoms with E-state index in [1.165, 1.54) is 52.3 Å². The first kappa shape index (κ1) is 29.7. The zero-order valence-corrected chi connectivity index (χ0v) is 29.2. The summed E-state index contributed by atoms with van der Waals surface area (Å²) in [5, 5.41) is 4.99. The molecule has 240 valence electrons. The SMILES string of the molecule is c1ccc(-c2cccc(N(c3cccc(-c4cccc5ccccc45)c3)c3ccc4c(c3)[se]c3cccc(-c5nc6ccccc6o5)c34)c2)cc1. The minimum absolute atomic E-state index is 0.130. The van der Waals surface area contributed by atoms with Gasteiger partial charge >= 0.3 is 303 Å². The van der Waals surface area contributed by atoms with Gasteiger partial charge in [-0.25, -0.2) is 0 Å². The summed E-state index contributed by atoms with van der Waals surface area (Å²) in [4.78, 5) is 7.28. The van der Waals surface area contributed by atoms with E-state index in [1.54, 1.807) is 0 Å². The molecule has 0 fully saturated rings. The molecule has 8 aromatic carbocycles. The van der Waals surface area contributed by atoms with E-state index in [-0.39, 0.29) is 14.5 Å². The summed E-state index contributed by atoms with van der Waals surface area (Å²) in [6.07, 6.45) is 0. The monoisotopic (exact) mass is 718 g/mol. The Morgan fingerprint density at radius 3 is 2.00 bits per heavy atom. The zero-order valence-electron chi connectivity index (χ0n) is 27.5. The second kappa shape index (κ2) is 12.3. The fourth-order valence-electron chi connectivity index (χ4n) is 7.31. The molecule has 3 nitrogen and oxygen atoms in total. The van der Waals surface area contributed by atoms with Crippen LogP contribution in [0.25, 0.3) is 74.9 Å². The number of oxazole rings is 1. The van der Waals surface area contributed by atoms with Crippen molar-refractivity contribution in [2.75, 3.05) is 4.90 Å². The van der Waals surface area contributed by atoms with Crippen molar-refractivity contribution in [1.82, 2.24) is 4.98 Å². The fourth-order valence-corrected chi connectivity index (χ4v) is 9.76. The van der Waals surface area contributed by atoms with Gasteiger partial charge in [0.05, 0.1) is 0 Å². The number of hydrogen-bond acceptors (Lipinski definition) is 3. The van der Waals surface area contributed by atoms with E-state index in [2.05, 4.69) is 163 Å². The third kappa shape index (κ3) is 5.25. The van der Waals surface area contributed by atoms with Crippen LogP contribution in [0.3, 0.4) is 0 Å². The molecular formula is C47H30N2OSe. The number of hydrogen-bond donors (Lipinski definition) is 0. The van der Waals surface area contributed by atoms with Crippen molar-refractivity contribution in [3.05, 3.63) is 182 Å². The summed E-state index contributed by atoms with van der Waals surface area (Å²) in [5.74, 6) is 0.672. The first-order valence-electron chi connectivity index (χ1n) is 17.1. The van der Waals surface area contributed by atoms with Crippen molar-refractivity contribution in [3.63, 3.8) is 0 Å². The summed E-state index contributed by atoms with van der Waals surface area (Å²) >= 11 is 0.130. The van der Waals surface area contributed by atoms with Gasteiger partial charge < -0.3 is 0 Å². The summed E-state index contributed by atoms with van der Waals surface area (Å²) in [6, 6.07) is 65.1. The van der Waals surface area contributed by atoms with Gasteiger partial charge in [0, 0.05) is 0 Å². The van der Waals surface area contributed by atoms with E-state index in [0.717, 1.165) is 33.7 Å². The Bertz CT molecular complexity index is 2850. The van der Waals surface area contributed by atoms with Crippen LogP contribution in [0.1, 0.15) is 0 Å². The van der Waals surface area contributed by atoms with Crippen LogP contribution in [0.15, 0.2) is 186 Å². The maximum atomic E-state index is 6.28. The Kier molecular flexibility index (Phi) is 7.16. The Morgan fingerprint density at radius 2 is 1.12 bits per heavy atom. The van der Waals surface area contributed by atoms with Crippen LogP contribution in [0, 0.1) is 0 Å². The molecule has 0 radical (unpaired) electrons. The van der Waals surface area contributed by atoms with Crippen LogP contribution in [0.2, 0.25) is 0 Å². The van der Waals surface area contributed by atoms with Gasteiger partial charge in [-0.05, 0) is 0 Å². The predicted octanol–water partition coefficient (Wildman–Crippen LogP) is 12.8. The van der Waals surface area contributed by atoms with Gasteiger partial charge in [0.15, 0.2) is 0 Å². The van der Waals surface area contributed by atoms with Crippen molar-refractivity contribution in [1.29, 1.82) is 0 Å². The first-order chi connectivity index (χ1) is 25.3. The van der Waals surface area contributed by atoms with Gasteiger partial charge in [0.25, 0.3) is 0 Å². The summed E-state index contributed by atoms with van der Waals surface area (Å²) in [7, 11) is 0. The van der Waals surface area contributed by atoms with E-state index >= 15 is 0 Å². The van der Waals surface area contributed by atoms with E-state index in [1.807, 2.05) is 24.3 Å². The van der Waals surface area contributed by atoms with Crippen molar-refractivity contribution in [2.45, 2.75) is 0 Å². The first-order valence-corrected chi connectivity index (χ1v) is 18.8. The summed E-state index contributed by atoms with van der Waals surface area (Å²) in [6.45, 7) is 0. The van der Waals surface area contributed by atoms with Crippen LogP contribution in [0.5, 0.6) is 0 Å². The molecule has 0 aliphatic rings. The quantitative estimate of drug-likeness (QED) is 0.160. The van der Waals surface area contributed by atoms with Crippen LogP contribution >= 0.6 is 0 Å². The molecule has 51 heavy (non-hydrogen) atoms. The Morgan fingerprint density at radius 1 is 0.451 bits per heavy atom. The number of para-hydroxylation sites is 2. The zero-order chi connectivity index (χ0) is 33.7. The number of benzene rings is 8. The van der Waals surface area contributed by atoms with E-state index < -0.39 is 0 Å². The molecule has 2 aromatic heterocycles. The second-order valence-corrected chi connectivity index (χ2v) is 15.1. The summed E-state index contributed by atoms with van der Waals surface area (Å²) in [5.41, 5.74) is 10.9. The van der Waals surface area contributed by atoms with Gasteiger partial charge in [0.1, 0.15) is 0 Å². The molecule has 0 atom stereocenters. The molecule has 10 rings (SSSR count). The van der Waals surface area contributed by atoms with Crippen molar-refractivity contribution in [2.24, 2.45) is 0 Å². The van der Waals surface area contributed by atoms with Crippen LogP contribution in [0.4, 0.5) is 17.1 Å². The van der Waals surface area contributed by atoms with Gasteiger partial charge in [-0.15, -0.1) is 0 Å². The molecular weight excluding hydrogens is 687 g/mol. The molecule has 2 heterocycles. The minimum atomic E-state index is 0.130. The van der Waals surface area contributed by atoms with Crippen molar-refractivity contribution >= 4 is 72.7 Å². The maximum absolute atomic E-state index is 6.28. The topological polar surface area (TPSA) is 29.3 Å². The molecule has 0 aliphatic carbocycles.